The smallest absolute Gasteiger partial charge is 0.140 e. The molecule has 1 heterocycles. The lowest BCUT2D eigenvalue weighted by molar-refractivity contribution is -0.00000371. The van der Waals surface area contributed by atoms with Crippen molar-refractivity contribution in [3.8, 4) is 0 Å². The van der Waals surface area contributed by atoms with Crippen molar-refractivity contribution in [2.75, 3.05) is 13.6 Å². The summed E-state index contributed by atoms with van der Waals surface area (Å²) in [6.07, 6.45) is 4.52. The van der Waals surface area contributed by atoms with E-state index in [9.17, 15) is 0 Å². The molecule has 1 aliphatic heterocycles. The molecule has 2 aromatic rings. The second-order valence-corrected chi connectivity index (χ2v) is 5.18. The molecule has 0 fully saturated rings. The van der Waals surface area contributed by atoms with Gasteiger partial charge in [-0.05, 0) is 24.3 Å². The molecule has 0 spiro atoms. The maximum atomic E-state index is 2.31. The molecule has 0 N–H and O–H groups in total. The Kier molecular flexibility index (Phi) is 4.08. The molecule has 1 atom stereocenters. The van der Waals surface area contributed by atoms with Crippen LogP contribution < -0.4 is 16.9 Å². The van der Waals surface area contributed by atoms with Crippen LogP contribution in [0.15, 0.2) is 60.7 Å². The van der Waals surface area contributed by atoms with Gasteiger partial charge >= 0.3 is 0 Å². The van der Waals surface area contributed by atoms with Gasteiger partial charge in [0.1, 0.15) is 18.8 Å². The molecule has 1 nitrogen and oxygen atoms in total. The van der Waals surface area contributed by atoms with Gasteiger partial charge in [0.2, 0.25) is 0 Å². The Morgan fingerprint density at radius 2 is 1.63 bits per heavy atom. The lowest BCUT2D eigenvalue weighted by Crippen LogP contribution is -3.00. The minimum Gasteiger partial charge on any atom is -1.00 e. The van der Waals surface area contributed by atoms with Gasteiger partial charge in [0.25, 0.3) is 0 Å². The average molecular weight is 272 g/mol. The van der Waals surface area contributed by atoms with Gasteiger partial charge in [0.05, 0.1) is 7.05 Å². The molecule has 1 aliphatic rings. The minimum absolute atomic E-state index is 0. The zero-order valence-electron chi connectivity index (χ0n) is 11.1. The number of quaternary nitrogens is 1. The monoisotopic (exact) mass is 271 g/mol. The predicted octanol–water partition coefficient (Wildman–Crippen LogP) is 0.855. The first kappa shape index (κ1) is 13.9. The number of benzene rings is 2. The molecule has 98 valence electrons. The van der Waals surface area contributed by atoms with Crippen LogP contribution in [-0.2, 0) is 6.54 Å². The molecule has 0 aromatic heterocycles. The van der Waals surface area contributed by atoms with E-state index in [1.807, 2.05) is 0 Å². The third kappa shape index (κ3) is 2.73. The Morgan fingerprint density at radius 3 is 2.42 bits per heavy atom. The van der Waals surface area contributed by atoms with Crippen LogP contribution >= 0.6 is 0 Å². The Morgan fingerprint density at radius 1 is 0.947 bits per heavy atom. The summed E-state index contributed by atoms with van der Waals surface area (Å²) in [7, 11) is 2.31. The topological polar surface area (TPSA) is 0 Å². The van der Waals surface area contributed by atoms with Crippen LogP contribution in [0.2, 0.25) is 0 Å². The Hall–Kier alpha value is -1.57. The zero-order chi connectivity index (χ0) is 12.4. The van der Waals surface area contributed by atoms with Crippen molar-refractivity contribution in [3.05, 3.63) is 71.8 Å². The van der Waals surface area contributed by atoms with Crippen molar-refractivity contribution in [1.82, 2.24) is 4.48 Å². The Balaban J connectivity index is 0.00000133. The molecule has 0 aliphatic carbocycles. The lowest BCUT2D eigenvalue weighted by Gasteiger charge is -2.36. The summed E-state index contributed by atoms with van der Waals surface area (Å²) in [5.74, 6) is 0. The van der Waals surface area contributed by atoms with E-state index in [2.05, 4.69) is 73.8 Å². The van der Waals surface area contributed by atoms with Gasteiger partial charge in [-0.2, -0.15) is 0 Å². The van der Waals surface area contributed by atoms with E-state index >= 15 is 0 Å². The molecule has 3 rings (SSSR count). The van der Waals surface area contributed by atoms with Crippen molar-refractivity contribution < 1.29 is 12.4 Å². The van der Waals surface area contributed by atoms with Crippen LogP contribution in [0.5, 0.6) is 0 Å². The standard InChI is InChI=1S/C17H18N.ClH/c1-18(14-15-8-3-2-4-9-15)13-7-11-16-10-5-6-12-17(16)18;/h2-12H,13-14H2,1H3;1H/q+1;/p-1. The van der Waals surface area contributed by atoms with Crippen LogP contribution in [-0.4, -0.2) is 13.6 Å². The fourth-order valence-corrected chi connectivity index (χ4v) is 2.77. The summed E-state index contributed by atoms with van der Waals surface area (Å²) in [6.45, 7) is 2.11. The maximum absolute atomic E-state index is 2.31. The Labute approximate surface area is 121 Å². The van der Waals surface area contributed by atoms with E-state index in [1.54, 1.807) is 0 Å². The summed E-state index contributed by atoms with van der Waals surface area (Å²) in [5, 5.41) is 0. The van der Waals surface area contributed by atoms with Gasteiger partial charge < -0.3 is 12.4 Å². The number of halogens is 1. The average Bonchev–Trinajstić information content (AvgIpc) is 2.40. The number of para-hydroxylation sites is 1. The van der Waals surface area contributed by atoms with Gasteiger partial charge in [-0.25, -0.2) is 0 Å². The van der Waals surface area contributed by atoms with Crippen LogP contribution in [0.4, 0.5) is 5.69 Å². The highest BCUT2D eigenvalue weighted by atomic mass is 35.5. The van der Waals surface area contributed by atoms with E-state index in [1.165, 1.54) is 16.8 Å². The first-order valence-electron chi connectivity index (χ1n) is 6.43. The first-order valence-corrected chi connectivity index (χ1v) is 6.43. The van der Waals surface area contributed by atoms with Crippen LogP contribution in [0.1, 0.15) is 11.1 Å². The van der Waals surface area contributed by atoms with Gasteiger partial charge in [-0.1, -0.05) is 42.5 Å². The van der Waals surface area contributed by atoms with Crippen LogP contribution in [0.3, 0.4) is 0 Å². The molecule has 0 saturated carbocycles. The van der Waals surface area contributed by atoms with Gasteiger partial charge in [0.15, 0.2) is 0 Å². The summed E-state index contributed by atoms with van der Waals surface area (Å²) < 4.78 is 0.955. The second-order valence-electron chi connectivity index (χ2n) is 5.18. The molecule has 0 bridgehead atoms. The third-order valence-electron chi connectivity index (χ3n) is 3.70. The largest absolute Gasteiger partial charge is 1.00 e. The van der Waals surface area contributed by atoms with Gasteiger partial charge in [-0.15, -0.1) is 0 Å². The molecule has 2 heteroatoms. The van der Waals surface area contributed by atoms with Gasteiger partial charge in [0, 0.05) is 11.1 Å². The van der Waals surface area contributed by atoms with E-state index in [0.717, 1.165) is 17.6 Å². The SMILES string of the molecule is C[N+]1(Cc2ccccc2)CC=Cc2ccccc21.[Cl-]. The molecule has 2 aromatic carbocycles. The number of hydrogen-bond donors (Lipinski definition) is 0. The zero-order valence-corrected chi connectivity index (χ0v) is 11.8. The molecule has 1 unspecified atom stereocenters. The first-order chi connectivity index (χ1) is 8.78. The normalized spacial score (nSPS) is 20.5. The minimum atomic E-state index is 0. The number of rotatable bonds is 2. The molecule has 0 amide bonds. The van der Waals surface area contributed by atoms with E-state index in [-0.39, 0.29) is 12.4 Å². The number of hydrogen-bond acceptors (Lipinski definition) is 0. The highest BCUT2D eigenvalue weighted by Gasteiger charge is 2.28. The molecular weight excluding hydrogens is 254 g/mol. The fraction of sp³-hybridized carbons (Fsp3) is 0.176. The third-order valence-corrected chi connectivity index (χ3v) is 3.70. The van der Waals surface area contributed by atoms with E-state index < -0.39 is 0 Å². The van der Waals surface area contributed by atoms with Gasteiger partial charge in [-0.3, -0.25) is 4.48 Å². The molecule has 19 heavy (non-hydrogen) atoms. The van der Waals surface area contributed by atoms with Crippen LogP contribution in [0.25, 0.3) is 6.08 Å². The summed E-state index contributed by atoms with van der Waals surface area (Å²) in [4.78, 5) is 0. The molecular formula is C17H18ClN. The highest BCUT2D eigenvalue weighted by Crippen LogP contribution is 2.32. The molecule has 0 radical (unpaired) electrons. The van der Waals surface area contributed by atoms with E-state index in [0.29, 0.717) is 0 Å². The van der Waals surface area contributed by atoms with Crippen molar-refractivity contribution >= 4 is 11.8 Å². The quantitative estimate of drug-likeness (QED) is 0.711. The predicted molar refractivity (Wildman–Crippen MR) is 78.2 cm³/mol. The maximum Gasteiger partial charge on any atom is 0.140 e. The fourth-order valence-electron chi connectivity index (χ4n) is 2.77. The lowest BCUT2D eigenvalue weighted by atomic mass is 10.0. The number of nitrogens with zero attached hydrogens (tertiary/aromatic N) is 1. The van der Waals surface area contributed by atoms with Crippen molar-refractivity contribution in [3.63, 3.8) is 0 Å². The van der Waals surface area contributed by atoms with Crippen molar-refractivity contribution in [2.24, 2.45) is 0 Å². The summed E-state index contributed by atoms with van der Waals surface area (Å²) in [6, 6.07) is 19.4. The number of fused-ring (bicyclic) bond motifs is 1. The highest BCUT2D eigenvalue weighted by molar-refractivity contribution is 5.68. The molecule has 0 saturated heterocycles. The summed E-state index contributed by atoms with van der Waals surface area (Å²) in [5.41, 5.74) is 4.16. The Bertz CT molecular complexity index is 577. The van der Waals surface area contributed by atoms with Crippen molar-refractivity contribution in [2.45, 2.75) is 6.54 Å². The van der Waals surface area contributed by atoms with Crippen molar-refractivity contribution in [1.29, 1.82) is 0 Å². The number of likely N-dealkylation sites (N-methyl/N-ethyl adjacent to an activating group) is 1. The van der Waals surface area contributed by atoms with Crippen LogP contribution in [0, 0.1) is 0 Å². The summed E-state index contributed by atoms with van der Waals surface area (Å²) >= 11 is 0. The van der Waals surface area contributed by atoms with E-state index in [4.69, 9.17) is 0 Å². The second kappa shape index (κ2) is 5.60.